The van der Waals surface area contributed by atoms with E-state index in [1.165, 1.54) is 38.2 Å². The van der Waals surface area contributed by atoms with E-state index in [9.17, 15) is 4.39 Å². The Morgan fingerprint density at radius 3 is 2.80 bits per heavy atom. The highest BCUT2D eigenvalue weighted by Gasteiger charge is 2.39. The second-order valence-electron chi connectivity index (χ2n) is 6.13. The molecule has 2 aliphatic rings. The van der Waals surface area contributed by atoms with Crippen LogP contribution in [0.15, 0.2) is 18.2 Å². The molecule has 0 bridgehead atoms. The van der Waals surface area contributed by atoms with Gasteiger partial charge < -0.3 is 5.32 Å². The van der Waals surface area contributed by atoms with Gasteiger partial charge in [-0.25, -0.2) is 4.39 Å². The van der Waals surface area contributed by atoms with Gasteiger partial charge in [0.25, 0.3) is 0 Å². The van der Waals surface area contributed by atoms with Gasteiger partial charge >= 0.3 is 0 Å². The quantitative estimate of drug-likeness (QED) is 0.897. The highest BCUT2D eigenvalue weighted by molar-refractivity contribution is 6.30. The molecule has 1 aliphatic carbocycles. The van der Waals surface area contributed by atoms with Gasteiger partial charge in [-0.3, -0.25) is 4.90 Å². The fourth-order valence-electron chi connectivity index (χ4n) is 3.69. The smallest absolute Gasteiger partial charge is 0.141 e. The molecule has 0 radical (unpaired) electrons. The molecule has 1 aromatic rings. The van der Waals surface area contributed by atoms with Crippen LogP contribution in [0.5, 0.6) is 0 Å². The van der Waals surface area contributed by atoms with E-state index >= 15 is 0 Å². The Morgan fingerprint density at radius 2 is 2.05 bits per heavy atom. The summed E-state index contributed by atoms with van der Waals surface area (Å²) < 4.78 is 13.3. The average molecular weight is 297 g/mol. The zero-order valence-electron chi connectivity index (χ0n) is 11.8. The lowest BCUT2D eigenvalue weighted by Gasteiger charge is -2.50. The van der Waals surface area contributed by atoms with Crippen molar-refractivity contribution in [1.29, 1.82) is 0 Å². The predicted molar refractivity (Wildman–Crippen MR) is 80.5 cm³/mol. The third kappa shape index (κ3) is 2.85. The summed E-state index contributed by atoms with van der Waals surface area (Å²) in [5.41, 5.74) is 1.42. The molecule has 1 aliphatic heterocycles. The van der Waals surface area contributed by atoms with Crippen molar-refractivity contribution in [1.82, 2.24) is 10.2 Å². The Labute approximate surface area is 125 Å². The van der Waals surface area contributed by atoms with Gasteiger partial charge in [0.15, 0.2) is 0 Å². The Hall–Kier alpha value is -0.640. The molecular formula is C16H22ClFN2. The van der Waals surface area contributed by atoms with E-state index in [1.807, 2.05) is 6.07 Å². The number of benzene rings is 1. The molecule has 1 N–H and O–H groups in total. The van der Waals surface area contributed by atoms with Crippen LogP contribution in [0.25, 0.3) is 0 Å². The van der Waals surface area contributed by atoms with E-state index in [4.69, 9.17) is 11.6 Å². The molecule has 4 heteroatoms. The highest BCUT2D eigenvalue weighted by atomic mass is 35.5. The minimum atomic E-state index is -0.330. The Kier molecular flexibility index (Phi) is 4.29. The van der Waals surface area contributed by atoms with Crippen molar-refractivity contribution in [3.8, 4) is 0 Å². The first-order chi connectivity index (χ1) is 9.70. The van der Waals surface area contributed by atoms with Gasteiger partial charge in [-0.1, -0.05) is 36.9 Å². The maximum Gasteiger partial charge on any atom is 0.141 e. The van der Waals surface area contributed by atoms with Crippen molar-refractivity contribution in [3.05, 3.63) is 34.6 Å². The Balaban J connectivity index is 1.77. The van der Waals surface area contributed by atoms with E-state index in [0.29, 0.717) is 5.54 Å². The zero-order valence-corrected chi connectivity index (χ0v) is 12.6. The molecule has 1 spiro atoms. The van der Waals surface area contributed by atoms with Crippen molar-refractivity contribution < 1.29 is 4.39 Å². The van der Waals surface area contributed by atoms with E-state index < -0.39 is 0 Å². The van der Waals surface area contributed by atoms with Crippen LogP contribution in [0.1, 0.15) is 37.7 Å². The minimum absolute atomic E-state index is 0.232. The van der Waals surface area contributed by atoms with Gasteiger partial charge in [0.1, 0.15) is 5.82 Å². The summed E-state index contributed by atoms with van der Waals surface area (Å²) in [6.07, 6.45) is 6.55. The van der Waals surface area contributed by atoms with E-state index in [1.54, 1.807) is 6.07 Å². The van der Waals surface area contributed by atoms with Crippen LogP contribution in [-0.4, -0.2) is 30.1 Å². The first-order valence-corrected chi connectivity index (χ1v) is 7.97. The SMILES string of the molecule is Fc1ccc(CN2CCNCC23CCCCC3)cc1Cl. The second-order valence-corrected chi connectivity index (χ2v) is 6.54. The first kappa shape index (κ1) is 14.3. The summed E-state index contributed by atoms with van der Waals surface area (Å²) in [5, 5.41) is 3.79. The van der Waals surface area contributed by atoms with E-state index in [2.05, 4.69) is 10.2 Å². The number of halogens is 2. The Morgan fingerprint density at radius 1 is 1.25 bits per heavy atom. The van der Waals surface area contributed by atoms with Crippen LogP contribution in [0.4, 0.5) is 4.39 Å². The van der Waals surface area contributed by atoms with Crippen LogP contribution in [0.2, 0.25) is 5.02 Å². The first-order valence-electron chi connectivity index (χ1n) is 7.59. The average Bonchev–Trinajstić information content (AvgIpc) is 2.47. The molecule has 1 saturated heterocycles. The summed E-state index contributed by atoms with van der Waals surface area (Å²) in [5.74, 6) is -0.330. The van der Waals surface area contributed by atoms with Gasteiger partial charge in [-0.05, 0) is 30.5 Å². The molecule has 0 unspecified atom stereocenters. The lowest BCUT2D eigenvalue weighted by atomic mass is 9.79. The fraction of sp³-hybridized carbons (Fsp3) is 0.625. The van der Waals surface area contributed by atoms with Crippen LogP contribution < -0.4 is 5.32 Å². The third-order valence-electron chi connectivity index (χ3n) is 4.83. The van der Waals surface area contributed by atoms with E-state index in [-0.39, 0.29) is 10.8 Å². The molecule has 2 fully saturated rings. The second kappa shape index (κ2) is 6.00. The van der Waals surface area contributed by atoms with Gasteiger partial charge in [0.05, 0.1) is 5.02 Å². The van der Waals surface area contributed by atoms with Gasteiger partial charge in [-0.15, -0.1) is 0 Å². The van der Waals surface area contributed by atoms with Crippen LogP contribution >= 0.6 is 11.6 Å². The summed E-state index contributed by atoms with van der Waals surface area (Å²) in [4.78, 5) is 2.59. The summed E-state index contributed by atoms with van der Waals surface area (Å²) >= 11 is 5.90. The van der Waals surface area contributed by atoms with Gasteiger partial charge in [0.2, 0.25) is 0 Å². The topological polar surface area (TPSA) is 15.3 Å². The van der Waals surface area contributed by atoms with Crippen molar-refractivity contribution >= 4 is 11.6 Å². The molecule has 20 heavy (non-hydrogen) atoms. The van der Waals surface area contributed by atoms with Crippen LogP contribution in [0, 0.1) is 5.82 Å². The third-order valence-corrected chi connectivity index (χ3v) is 5.11. The molecule has 0 atom stereocenters. The fourth-order valence-corrected chi connectivity index (χ4v) is 3.90. The number of nitrogens with one attached hydrogen (secondary N) is 1. The van der Waals surface area contributed by atoms with Crippen LogP contribution in [0.3, 0.4) is 0 Å². The lowest BCUT2D eigenvalue weighted by Crippen LogP contribution is -2.61. The lowest BCUT2D eigenvalue weighted by molar-refractivity contribution is 0.0209. The van der Waals surface area contributed by atoms with Crippen molar-refractivity contribution in [2.45, 2.75) is 44.2 Å². The maximum atomic E-state index is 13.3. The van der Waals surface area contributed by atoms with Crippen LogP contribution in [-0.2, 0) is 6.54 Å². The number of rotatable bonds is 2. The molecule has 0 aromatic heterocycles. The standard InChI is InChI=1S/C16H22ClFN2/c17-14-10-13(4-5-15(14)18)11-20-9-8-19-12-16(20)6-2-1-3-7-16/h4-5,10,19H,1-3,6-9,11-12H2. The highest BCUT2D eigenvalue weighted by Crippen LogP contribution is 2.35. The largest absolute Gasteiger partial charge is 0.314 e. The summed E-state index contributed by atoms with van der Waals surface area (Å²) in [7, 11) is 0. The summed E-state index contributed by atoms with van der Waals surface area (Å²) in [6.45, 7) is 4.06. The molecule has 3 rings (SSSR count). The molecule has 1 heterocycles. The maximum absolute atomic E-state index is 13.3. The molecule has 110 valence electrons. The van der Waals surface area contributed by atoms with Crippen molar-refractivity contribution in [2.24, 2.45) is 0 Å². The number of nitrogens with zero attached hydrogens (tertiary/aromatic N) is 1. The molecular weight excluding hydrogens is 275 g/mol. The van der Waals surface area contributed by atoms with E-state index in [0.717, 1.165) is 31.7 Å². The van der Waals surface area contributed by atoms with Crippen molar-refractivity contribution in [3.63, 3.8) is 0 Å². The molecule has 2 nitrogen and oxygen atoms in total. The van der Waals surface area contributed by atoms with Gasteiger partial charge in [0, 0.05) is 31.7 Å². The molecule has 0 amide bonds. The number of hydrogen-bond donors (Lipinski definition) is 1. The monoisotopic (exact) mass is 296 g/mol. The normalized spacial score (nSPS) is 23.1. The molecule has 1 aromatic carbocycles. The zero-order chi connectivity index (χ0) is 14.0. The summed E-state index contributed by atoms with van der Waals surface area (Å²) in [6, 6.07) is 5.11. The minimum Gasteiger partial charge on any atom is -0.314 e. The Bertz CT molecular complexity index is 463. The van der Waals surface area contributed by atoms with Crippen molar-refractivity contribution in [2.75, 3.05) is 19.6 Å². The predicted octanol–water partition coefficient (Wildman–Crippen LogP) is 3.59. The number of hydrogen-bond acceptors (Lipinski definition) is 2. The number of piperazine rings is 1. The molecule has 1 saturated carbocycles. The van der Waals surface area contributed by atoms with Gasteiger partial charge in [-0.2, -0.15) is 0 Å².